The van der Waals surface area contributed by atoms with Crippen molar-refractivity contribution in [2.45, 2.75) is 53.1 Å². The topological polar surface area (TPSA) is 59.2 Å². The number of aromatic nitrogens is 2. The molecule has 1 atom stereocenters. The van der Waals surface area contributed by atoms with E-state index >= 15 is 0 Å². The quantitative estimate of drug-likeness (QED) is 0.886. The Morgan fingerprint density at radius 1 is 1.19 bits per heavy atom. The molecule has 1 N–H and O–H groups in total. The molecule has 1 aromatic carbocycles. The molecule has 2 rings (SSSR count). The molecule has 1 unspecified atom stereocenters. The molecular weight excluding hydrogens is 264 g/mol. The third-order valence-electron chi connectivity index (χ3n) is 3.60. The van der Waals surface area contributed by atoms with Crippen LogP contribution in [0.2, 0.25) is 0 Å². The highest BCUT2D eigenvalue weighted by molar-refractivity contribution is 5.31. The number of benzene rings is 1. The Morgan fingerprint density at radius 3 is 2.62 bits per heavy atom. The van der Waals surface area contributed by atoms with Gasteiger partial charge in [0.2, 0.25) is 5.89 Å². The molecule has 0 aliphatic rings. The minimum atomic E-state index is -0.417. The van der Waals surface area contributed by atoms with Gasteiger partial charge in [-0.3, -0.25) is 0 Å². The molecule has 0 aliphatic carbocycles. The third-order valence-corrected chi connectivity index (χ3v) is 3.60. The monoisotopic (exact) mass is 288 g/mol. The second-order valence-electron chi connectivity index (χ2n) is 6.19. The number of aliphatic hydroxyl groups excluding tert-OH is 1. The van der Waals surface area contributed by atoms with Crippen LogP contribution in [0, 0.1) is 19.8 Å². The standard InChI is InChI=1S/C17H24N2O2/c1-11(2)7-15(20)10-17-18-16(19-21-17)9-14-6-5-12(3)13(4)8-14/h5-6,8,11,15,20H,7,9-10H2,1-4H3. The van der Waals surface area contributed by atoms with Crippen LogP contribution in [0.4, 0.5) is 0 Å². The first-order chi connectivity index (χ1) is 9.94. The number of aryl methyl sites for hydroxylation is 2. The minimum Gasteiger partial charge on any atom is -0.393 e. The fourth-order valence-electron chi connectivity index (χ4n) is 2.37. The molecule has 0 amide bonds. The molecule has 1 heterocycles. The van der Waals surface area contributed by atoms with Crippen molar-refractivity contribution >= 4 is 0 Å². The minimum absolute atomic E-state index is 0.417. The van der Waals surface area contributed by atoms with Crippen molar-refractivity contribution in [2.24, 2.45) is 5.92 Å². The lowest BCUT2D eigenvalue weighted by Crippen LogP contribution is -2.13. The first-order valence-electron chi connectivity index (χ1n) is 7.49. The highest BCUT2D eigenvalue weighted by Crippen LogP contribution is 2.14. The summed E-state index contributed by atoms with van der Waals surface area (Å²) >= 11 is 0. The lowest BCUT2D eigenvalue weighted by molar-refractivity contribution is 0.138. The Morgan fingerprint density at radius 2 is 1.95 bits per heavy atom. The second-order valence-corrected chi connectivity index (χ2v) is 6.19. The van der Waals surface area contributed by atoms with E-state index in [1.165, 1.54) is 16.7 Å². The SMILES string of the molecule is Cc1ccc(Cc2noc(CC(O)CC(C)C)n2)cc1C. The summed E-state index contributed by atoms with van der Waals surface area (Å²) in [5.74, 6) is 1.64. The fourth-order valence-corrected chi connectivity index (χ4v) is 2.37. The van der Waals surface area contributed by atoms with Gasteiger partial charge in [0.1, 0.15) is 0 Å². The van der Waals surface area contributed by atoms with Gasteiger partial charge in [0, 0.05) is 6.42 Å². The van der Waals surface area contributed by atoms with Gasteiger partial charge in [0.05, 0.1) is 12.5 Å². The van der Waals surface area contributed by atoms with E-state index in [0.717, 1.165) is 6.42 Å². The molecule has 114 valence electrons. The van der Waals surface area contributed by atoms with Crippen LogP contribution in [-0.2, 0) is 12.8 Å². The number of hydrogen-bond donors (Lipinski definition) is 1. The summed E-state index contributed by atoms with van der Waals surface area (Å²) in [5.41, 5.74) is 3.72. The predicted octanol–water partition coefficient (Wildman–Crippen LogP) is 3.23. The van der Waals surface area contributed by atoms with Gasteiger partial charge in [-0.05, 0) is 42.9 Å². The van der Waals surface area contributed by atoms with Crippen molar-refractivity contribution in [3.8, 4) is 0 Å². The van der Waals surface area contributed by atoms with Gasteiger partial charge in [-0.2, -0.15) is 4.98 Å². The van der Waals surface area contributed by atoms with E-state index in [1.807, 2.05) is 0 Å². The molecule has 0 fully saturated rings. The summed E-state index contributed by atoms with van der Waals surface area (Å²) in [6.07, 6.45) is 1.41. The first kappa shape index (κ1) is 15.7. The Labute approximate surface area is 126 Å². The van der Waals surface area contributed by atoms with E-state index < -0.39 is 6.10 Å². The van der Waals surface area contributed by atoms with Gasteiger partial charge in [-0.1, -0.05) is 37.2 Å². The number of aliphatic hydroxyl groups is 1. The number of rotatable bonds is 6. The zero-order chi connectivity index (χ0) is 15.4. The van der Waals surface area contributed by atoms with Gasteiger partial charge >= 0.3 is 0 Å². The molecule has 0 bridgehead atoms. The van der Waals surface area contributed by atoms with E-state index in [0.29, 0.717) is 30.5 Å². The normalized spacial score (nSPS) is 12.9. The maximum absolute atomic E-state index is 9.91. The summed E-state index contributed by atoms with van der Waals surface area (Å²) < 4.78 is 5.22. The fraction of sp³-hybridized carbons (Fsp3) is 0.529. The van der Waals surface area contributed by atoms with Crippen molar-refractivity contribution in [3.05, 3.63) is 46.6 Å². The average molecular weight is 288 g/mol. The Kier molecular flexibility index (Phi) is 5.12. The first-order valence-corrected chi connectivity index (χ1v) is 7.49. The smallest absolute Gasteiger partial charge is 0.229 e. The molecule has 4 nitrogen and oxygen atoms in total. The molecule has 4 heteroatoms. The number of nitrogens with zero attached hydrogens (tertiary/aromatic N) is 2. The van der Waals surface area contributed by atoms with Crippen molar-refractivity contribution < 1.29 is 9.63 Å². The van der Waals surface area contributed by atoms with Crippen molar-refractivity contribution in [2.75, 3.05) is 0 Å². The molecular formula is C17H24N2O2. The summed E-state index contributed by atoms with van der Waals surface area (Å²) in [5, 5.41) is 13.9. The maximum atomic E-state index is 9.91. The second kappa shape index (κ2) is 6.85. The zero-order valence-corrected chi connectivity index (χ0v) is 13.3. The molecule has 2 aromatic rings. The molecule has 0 spiro atoms. The van der Waals surface area contributed by atoms with Crippen LogP contribution in [0.3, 0.4) is 0 Å². The summed E-state index contributed by atoms with van der Waals surface area (Å²) in [7, 11) is 0. The van der Waals surface area contributed by atoms with Crippen molar-refractivity contribution in [3.63, 3.8) is 0 Å². The van der Waals surface area contributed by atoms with Crippen LogP contribution in [0.5, 0.6) is 0 Å². The van der Waals surface area contributed by atoms with Crippen LogP contribution in [-0.4, -0.2) is 21.4 Å². The predicted molar refractivity (Wildman–Crippen MR) is 82.2 cm³/mol. The van der Waals surface area contributed by atoms with Crippen LogP contribution in [0.15, 0.2) is 22.7 Å². The maximum Gasteiger partial charge on any atom is 0.229 e. The van der Waals surface area contributed by atoms with Crippen LogP contribution in [0.1, 0.15) is 48.7 Å². The Hall–Kier alpha value is -1.68. The van der Waals surface area contributed by atoms with Gasteiger partial charge in [0.25, 0.3) is 0 Å². The summed E-state index contributed by atoms with van der Waals surface area (Å²) in [6.45, 7) is 8.37. The van der Waals surface area contributed by atoms with Crippen molar-refractivity contribution in [1.29, 1.82) is 0 Å². The lowest BCUT2D eigenvalue weighted by Gasteiger charge is -2.09. The van der Waals surface area contributed by atoms with Crippen LogP contribution >= 0.6 is 0 Å². The molecule has 0 aliphatic heterocycles. The Balaban J connectivity index is 1.98. The van der Waals surface area contributed by atoms with E-state index in [-0.39, 0.29) is 0 Å². The molecule has 0 saturated heterocycles. The van der Waals surface area contributed by atoms with Crippen molar-refractivity contribution in [1.82, 2.24) is 10.1 Å². The lowest BCUT2D eigenvalue weighted by atomic mass is 10.0. The number of hydrogen-bond acceptors (Lipinski definition) is 4. The van der Waals surface area contributed by atoms with Gasteiger partial charge < -0.3 is 9.63 Å². The highest BCUT2D eigenvalue weighted by Gasteiger charge is 2.14. The molecule has 0 saturated carbocycles. The van der Waals surface area contributed by atoms with Crippen LogP contribution in [0.25, 0.3) is 0 Å². The summed E-state index contributed by atoms with van der Waals surface area (Å²) in [6, 6.07) is 6.35. The van der Waals surface area contributed by atoms with Gasteiger partial charge in [0.15, 0.2) is 5.82 Å². The van der Waals surface area contributed by atoms with E-state index in [9.17, 15) is 5.11 Å². The largest absolute Gasteiger partial charge is 0.393 e. The van der Waals surface area contributed by atoms with E-state index in [4.69, 9.17) is 4.52 Å². The highest BCUT2D eigenvalue weighted by atomic mass is 16.5. The summed E-state index contributed by atoms with van der Waals surface area (Å²) in [4.78, 5) is 4.37. The average Bonchev–Trinajstić information content (AvgIpc) is 2.80. The van der Waals surface area contributed by atoms with E-state index in [1.54, 1.807) is 0 Å². The van der Waals surface area contributed by atoms with Crippen LogP contribution < -0.4 is 0 Å². The van der Waals surface area contributed by atoms with E-state index in [2.05, 4.69) is 56.0 Å². The van der Waals surface area contributed by atoms with Gasteiger partial charge in [-0.15, -0.1) is 0 Å². The molecule has 0 radical (unpaired) electrons. The van der Waals surface area contributed by atoms with Gasteiger partial charge in [-0.25, -0.2) is 0 Å². The third kappa shape index (κ3) is 4.67. The Bertz CT molecular complexity index is 590. The molecule has 1 aromatic heterocycles. The zero-order valence-electron chi connectivity index (χ0n) is 13.3. The molecule has 21 heavy (non-hydrogen) atoms.